The fraction of sp³-hybridized carbons (Fsp3) is 0.733. The third-order valence-electron chi connectivity index (χ3n) is 4.34. The van der Waals surface area contributed by atoms with Crippen LogP contribution in [0.4, 0.5) is 0 Å². The number of aliphatic hydroxyl groups is 1. The van der Waals surface area contributed by atoms with Gasteiger partial charge in [0.25, 0.3) is 5.91 Å². The molecule has 0 unspecified atom stereocenters. The molecular weight excluding hydrogens is 270 g/mol. The standard InChI is InChI=1S/C15H25N3O3/c1-5-15(20,6-2)8-16-14(19)13-11-7-9(3)21-10(4)12(11)17-18-13/h9-10,20H,5-8H2,1-4H3,(H,16,19)(H,17,18)/t9-,10+/m0/s1. The summed E-state index contributed by atoms with van der Waals surface area (Å²) in [6.07, 6.45) is 1.86. The summed E-state index contributed by atoms with van der Waals surface area (Å²) >= 11 is 0. The van der Waals surface area contributed by atoms with Crippen molar-refractivity contribution in [3.8, 4) is 0 Å². The summed E-state index contributed by atoms with van der Waals surface area (Å²) in [4.78, 5) is 12.3. The van der Waals surface area contributed by atoms with Gasteiger partial charge in [-0.15, -0.1) is 0 Å². The molecule has 2 atom stereocenters. The summed E-state index contributed by atoms with van der Waals surface area (Å²) in [6, 6.07) is 0. The predicted molar refractivity (Wildman–Crippen MR) is 79.1 cm³/mol. The molecule has 6 heteroatoms. The molecular formula is C15H25N3O3. The molecule has 2 heterocycles. The SMILES string of the molecule is CCC(O)(CC)CNC(=O)c1n[nH]c2c1C[C@H](C)O[C@@H]2C. The van der Waals surface area contributed by atoms with Crippen molar-refractivity contribution in [1.82, 2.24) is 15.5 Å². The second kappa shape index (κ2) is 6.15. The second-order valence-corrected chi connectivity index (χ2v) is 5.87. The van der Waals surface area contributed by atoms with E-state index in [4.69, 9.17) is 4.74 Å². The number of carbonyl (C=O) groups is 1. The first-order valence-corrected chi connectivity index (χ1v) is 7.63. The summed E-state index contributed by atoms with van der Waals surface area (Å²) in [5, 5.41) is 20.1. The van der Waals surface area contributed by atoms with Gasteiger partial charge in [0.2, 0.25) is 0 Å². The molecule has 1 aromatic rings. The average molecular weight is 295 g/mol. The van der Waals surface area contributed by atoms with Gasteiger partial charge < -0.3 is 15.2 Å². The van der Waals surface area contributed by atoms with E-state index in [2.05, 4.69) is 15.5 Å². The van der Waals surface area contributed by atoms with Crippen molar-refractivity contribution in [2.75, 3.05) is 6.54 Å². The van der Waals surface area contributed by atoms with Gasteiger partial charge in [-0.3, -0.25) is 9.89 Å². The molecule has 21 heavy (non-hydrogen) atoms. The fourth-order valence-corrected chi connectivity index (χ4v) is 2.69. The topological polar surface area (TPSA) is 87.2 Å². The van der Waals surface area contributed by atoms with E-state index in [1.807, 2.05) is 27.7 Å². The van der Waals surface area contributed by atoms with Crippen LogP contribution >= 0.6 is 0 Å². The Morgan fingerprint density at radius 3 is 2.76 bits per heavy atom. The van der Waals surface area contributed by atoms with E-state index >= 15 is 0 Å². The minimum absolute atomic E-state index is 0.0693. The van der Waals surface area contributed by atoms with Crippen LogP contribution in [0.3, 0.4) is 0 Å². The lowest BCUT2D eigenvalue weighted by Gasteiger charge is -2.26. The monoisotopic (exact) mass is 295 g/mol. The third kappa shape index (κ3) is 3.27. The van der Waals surface area contributed by atoms with E-state index in [0.29, 0.717) is 25.0 Å². The van der Waals surface area contributed by atoms with Crippen LogP contribution < -0.4 is 5.32 Å². The Kier molecular flexibility index (Phi) is 4.68. The number of hydrogen-bond acceptors (Lipinski definition) is 4. The number of aromatic amines is 1. The molecule has 6 nitrogen and oxygen atoms in total. The summed E-state index contributed by atoms with van der Waals surface area (Å²) < 4.78 is 5.71. The zero-order valence-electron chi connectivity index (χ0n) is 13.2. The van der Waals surface area contributed by atoms with Gasteiger partial charge in [-0.25, -0.2) is 0 Å². The summed E-state index contributed by atoms with van der Waals surface area (Å²) in [6.45, 7) is 7.99. The first kappa shape index (κ1) is 16.0. The van der Waals surface area contributed by atoms with E-state index in [0.717, 1.165) is 11.3 Å². The molecule has 0 radical (unpaired) electrons. The Bertz CT molecular complexity index is 508. The molecule has 0 saturated carbocycles. The molecule has 0 aromatic carbocycles. The smallest absolute Gasteiger partial charge is 0.272 e. The molecule has 1 amide bonds. The van der Waals surface area contributed by atoms with Crippen molar-refractivity contribution in [2.45, 2.75) is 64.8 Å². The number of rotatable bonds is 5. The zero-order chi connectivity index (χ0) is 15.6. The number of nitrogens with zero attached hydrogens (tertiary/aromatic N) is 1. The molecule has 0 aliphatic carbocycles. The van der Waals surface area contributed by atoms with E-state index in [1.54, 1.807) is 0 Å². The number of fused-ring (bicyclic) bond motifs is 1. The molecule has 118 valence electrons. The number of hydrogen-bond donors (Lipinski definition) is 3. The van der Waals surface area contributed by atoms with Crippen molar-refractivity contribution in [2.24, 2.45) is 0 Å². The van der Waals surface area contributed by atoms with Gasteiger partial charge in [-0.1, -0.05) is 13.8 Å². The van der Waals surface area contributed by atoms with Gasteiger partial charge in [0.05, 0.1) is 23.5 Å². The lowest BCUT2D eigenvalue weighted by molar-refractivity contribution is -0.00701. The third-order valence-corrected chi connectivity index (χ3v) is 4.34. The van der Waals surface area contributed by atoms with Crippen LogP contribution in [0.15, 0.2) is 0 Å². The highest BCUT2D eigenvalue weighted by Crippen LogP contribution is 2.30. The Balaban J connectivity index is 2.11. The van der Waals surface area contributed by atoms with Crippen LogP contribution in [0.25, 0.3) is 0 Å². The molecule has 2 rings (SSSR count). The molecule has 3 N–H and O–H groups in total. The van der Waals surface area contributed by atoms with Gasteiger partial charge in [-0.2, -0.15) is 5.10 Å². The van der Waals surface area contributed by atoms with Crippen molar-refractivity contribution >= 4 is 5.91 Å². The van der Waals surface area contributed by atoms with Crippen molar-refractivity contribution in [3.63, 3.8) is 0 Å². The quantitative estimate of drug-likeness (QED) is 0.772. The maximum Gasteiger partial charge on any atom is 0.272 e. The van der Waals surface area contributed by atoms with Crippen molar-refractivity contribution in [3.05, 3.63) is 17.0 Å². The Morgan fingerprint density at radius 2 is 2.14 bits per heavy atom. The number of carbonyl (C=O) groups excluding carboxylic acids is 1. The highest BCUT2D eigenvalue weighted by atomic mass is 16.5. The lowest BCUT2D eigenvalue weighted by atomic mass is 9.97. The summed E-state index contributed by atoms with van der Waals surface area (Å²) in [5.74, 6) is -0.242. The number of ether oxygens (including phenoxy) is 1. The van der Waals surface area contributed by atoms with E-state index in [9.17, 15) is 9.90 Å². The van der Waals surface area contributed by atoms with Crippen molar-refractivity contribution < 1.29 is 14.6 Å². The highest BCUT2D eigenvalue weighted by Gasteiger charge is 2.30. The van der Waals surface area contributed by atoms with Crippen LogP contribution in [-0.4, -0.2) is 39.5 Å². The van der Waals surface area contributed by atoms with Crippen LogP contribution in [0.5, 0.6) is 0 Å². The molecule has 0 spiro atoms. The first-order chi connectivity index (χ1) is 9.90. The maximum absolute atomic E-state index is 12.3. The zero-order valence-corrected chi connectivity index (χ0v) is 13.2. The Morgan fingerprint density at radius 1 is 1.48 bits per heavy atom. The number of amides is 1. The molecule has 1 aliphatic heterocycles. The lowest BCUT2D eigenvalue weighted by Crippen LogP contribution is -2.42. The fourth-order valence-electron chi connectivity index (χ4n) is 2.69. The largest absolute Gasteiger partial charge is 0.388 e. The van der Waals surface area contributed by atoms with Crippen LogP contribution in [-0.2, 0) is 11.2 Å². The van der Waals surface area contributed by atoms with E-state index in [-0.39, 0.29) is 24.7 Å². The predicted octanol–water partition coefficient (Wildman–Crippen LogP) is 1.71. The van der Waals surface area contributed by atoms with Gasteiger partial charge in [0.15, 0.2) is 5.69 Å². The number of nitrogens with one attached hydrogen (secondary N) is 2. The minimum atomic E-state index is -0.851. The molecule has 0 fully saturated rings. The highest BCUT2D eigenvalue weighted by molar-refractivity contribution is 5.94. The maximum atomic E-state index is 12.3. The van der Waals surface area contributed by atoms with Gasteiger partial charge in [0.1, 0.15) is 0 Å². The van der Waals surface area contributed by atoms with Gasteiger partial charge in [0, 0.05) is 18.5 Å². The van der Waals surface area contributed by atoms with Crippen molar-refractivity contribution in [1.29, 1.82) is 0 Å². The van der Waals surface area contributed by atoms with Gasteiger partial charge in [-0.05, 0) is 26.7 Å². The normalized spacial score (nSPS) is 22.0. The average Bonchev–Trinajstić information content (AvgIpc) is 2.88. The van der Waals surface area contributed by atoms with Crippen LogP contribution in [0.1, 0.15) is 68.4 Å². The van der Waals surface area contributed by atoms with Crippen LogP contribution in [0, 0.1) is 0 Å². The first-order valence-electron chi connectivity index (χ1n) is 7.63. The van der Waals surface area contributed by atoms with E-state index < -0.39 is 5.60 Å². The molecule has 1 aromatic heterocycles. The summed E-state index contributed by atoms with van der Waals surface area (Å²) in [5.41, 5.74) is 1.37. The summed E-state index contributed by atoms with van der Waals surface area (Å²) in [7, 11) is 0. The number of H-pyrrole nitrogens is 1. The Hall–Kier alpha value is -1.40. The second-order valence-electron chi connectivity index (χ2n) is 5.87. The van der Waals surface area contributed by atoms with Gasteiger partial charge >= 0.3 is 0 Å². The van der Waals surface area contributed by atoms with E-state index in [1.165, 1.54) is 0 Å². The molecule has 0 bridgehead atoms. The number of aromatic nitrogens is 2. The van der Waals surface area contributed by atoms with Crippen LogP contribution in [0.2, 0.25) is 0 Å². The molecule has 1 aliphatic rings. The minimum Gasteiger partial charge on any atom is -0.388 e. The Labute approximate surface area is 125 Å². The molecule has 0 saturated heterocycles.